The van der Waals surface area contributed by atoms with Crippen LogP contribution < -0.4 is 5.32 Å². The quantitative estimate of drug-likeness (QED) is 0.413. The Labute approximate surface area is 72.8 Å². The Morgan fingerprint density at radius 2 is 2.00 bits per heavy atom. The van der Waals surface area contributed by atoms with Gasteiger partial charge in [0.2, 0.25) is 0 Å². The van der Waals surface area contributed by atoms with Crippen LogP contribution in [0.4, 0.5) is 0 Å². The molecule has 0 spiro atoms. The third-order valence-corrected chi connectivity index (χ3v) is 1.69. The van der Waals surface area contributed by atoms with Gasteiger partial charge in [-0.05, 0) is 18.4 Å². The lowest BCUT2D eigenvalue weighted by molar-refractivity contribution is 0.759. The summed E-state index contributed by atoms with van der Waals surface area (Å²) in [6.45, 7) is 0.769. The van der Waals surface area contributed by atoms with Gasteiger partial charge in [-0.25, -0.2) is 0 Å². The van der Waals surface area contributed by atoms with Crippen molar-refractivity contribution < 1.29 is 0 Å². The summed E-state index contributed by atoms with van der Waals surface area (Å²) in [6.07, 6.45) is 3.95. The molecular weight excluding hydrogens is 148 g/mol. The first-order chi connectivity index (χ1) is 5.93. The summed E-state index contributed by atoms with van der Waals surface area (Å²) in [6, 6.07) is 10.3. The lowest BCUT2D eigenvalue weighted by atomic mass is 10.1. The second-order valence-corrected chi connectivity index (χ2v) is 2.63. The number of nitrogens with one attached hydrogen (secondary N) is 1. The van der Waals surface area contributed by atoms with Crippen LogP contribution in [0, 0.1) is 11.5 Å². The molecule has 0 bridgehead atoms. The van der Waals surface area contributed by atoms with Crippen LogP contribution in [0.3, 0.4) is 0 Å². The van der Waals surface area contributed by atoms with Crippen LogP contribution in [-0.4, -0.2) is 6.54 Å². The van der Waals surface area contributed by atoms with Crippen LogP contribution in [0.2, 0.25) is 0 Å². The first-order valence-corrected chi connectivity index (χ1v) is 4.09. The van der Waals surface area contributed by atoms with Crippen molar-refractivity contribution in [2.45, 2.75) is 12.8 Å². The van der Waals surface area contributed by atoms with E-state index in [4.69, 9.17) is 5.26 Å². The summed E-state index contributed by atoms with van der Waals surface area (Å²) in [7, 11) is 0. The molecule has 0 aliphatic carbocycles. The Morgan fingerprint density at radius 3 is 2.67 bits per heavy atom. The van der Waals surface area contributed by atoms with Gasteiger partial charge in [-0.2, -0.15) is 5.26 Å². The van der Waals surface area contributed by atoms with Gasteiger partial charge >= 0.3 is 0 Å². The van der Waals surface area contributed by atoms with Crippen molar-refractivity contribution in [3.05, 3.63) is 35.9 Å². The van der Waals surface area contributed by atoms with Crippen LogP contribution >= 0.6 is 0 Å². The van der Waals surface area contributed by atoms with Crippen molar-refractivity contribution in [3.8, 4) is 6.19 Å². The molecule has 0 atom stereocenters. The van der Waals surface area contributed by atoms with E-state index >= 15 is 0 Å². The molecule has 1 rings (SSSR count). The van der Waals surface area contributed by atoms with E-state index in [-0.39, 0.29) is 0 Å². The minimum Gasteiger partial charge on any atom is -0.324 e. The molecule has 0 fully saturated rings. The van der Waals surface area contributed by atoms with Crippen LogP contribution in [0.5, 0.6) is 0 Å². The van der Waals surface area contributed by atoms with E-state index < -0.39 is 0 Å². The Bertz CT molecular complexity index is 248. The summed E-state index contributed by atoms with van der Waals surface area (Å²) in [5.74, 6) is 0. The molecule has 0 radical (unpaired) electrons. The van der Waals surface area contributed by atoms with E-state index in [9.17, 15) is 0 Å². The van der Waals surface area contributed by atoms with Crippen molar-refractivity contribution >= 4 is 0 Å². The van der Waals surface area contributed by atoms with Gasteiger partial charge in [0.1, 0.15) is 0 Å². The van der Waals surface area contributed by atoms with E-state index in [1.165, 1.54) is 5.56 Å². The monoisotopic (exact) mass is 160 g/mol. The van der Waals surface area contributed by atoms with Crippen LogP contribution in [-0.2, 0) is 6.42 Å². The fourth-order valence-corrected chi connectivity index (χ4v) is 1.08. The smallest absolute Gasteiger partial charge is 0.176 e. The number of nitrogens with zero attached hydrogens (tertiary/aromatic N) is 1. The number of hydrogen-bond donors (Lipinski definition) is 1. The Morgan fingerprint density at radius 1 is 1.25 bits per heavy atom. The van der Waals surface area contributed by atoms with E-state index in [2.05, 4.69) is 17.4 Å². The first kappa shape index (κ1) is 8.61. The van der Waals surface area contributed by atoms with Crippen LogP contribution in [0.25, 0.3) is 0 Å². The minimum atomic E-state index is 0.769. The van der Waals surface area contributed by atoms with Gasteiger partial charge in [0.05, 0.1) is 0 Å². The van der Waals surface area contributed by atoms with Gasteiger partial charge in [0.15, 0.2) is 6.19 Å². The molecule has 1 aromatic rings. The van der Waals surface area contributed by atoms with E-state index in [1.807, 2.05) is 24.4 Å². The topological polar surface area (TPSA) is 35.8 Å². The summed E-state index contributed by atoms with van der Waals surface area (Å²) in [5.41, 5.74) is 1.33. The normalized spacial score (nSPS) is 8.92. The zero-order chi connectivity index (χ0) is 8.65. The summed E-state index contributed by atoms with van der Waals surface area (Å²) >= 11 is 0. The number of benzene rings is 1. The molecular formula is C10H12N2. The molecule has 1 aromatic carbocycles. The molecule has 2 heteroatoms. The second kappa shape index (κ2) is 5.20. The summed E-state index contributed by atoms with van der Waals surface area (Å²) < 4.78 is 0. The summed E-state index contributed by atoms with van der Waals surface area (Å²) in [5, 5.41) is 10.8. The molecule has 0 amide bonds. The Hall–Kier alpha value is -1.49. The molecule has 62 valence electrons. The highest BCUT2D eigenvalue weighted by atomic mass is 14.8. The van der Waals surface area contributed by atoms with Gasteiger partial charge in [-0.1, -0.05) is 30.3 Å². The highest BCUT2D eigenvalue weighted by molar-refractivity contribution is 5.14. The third kappa shape index (κ3) is 3.07. The van der Waals surface area contributed by atoms with Crippen molar-refractivity contribution in [3.63, 3.8) is 0 Å². The highest BCUT2D eigenvalue weighted by Crippen LogP contribution is 2.00. The molecule has 12 heavy (non-hydrogen) atoms. The van der Waals surface area contributed by atoms with Gasteiger partial charge in [0, 0.05) is 6.54 Å². The number of hydrogen-bond acceptors (Lipinski definition) is 2. The Balaban J connectivity index is 2.21. The maximum atomic E-state index is 8.20. The van der Waals surface area contributed by atoms with E-state index in [0.29, 0.717) is 0 Å². The zero-order valence-corrected chi connectivity index (χ0v) is 6.96. The van der Waals surface area contributed by atoms with E-state index in [1.54, 1.807) is 0 Å². The van der Waals surface area contributed by atoms with Crippen LogP contribution in [0.15, 0.2) is 30.3 Å². The fourth-order valence-electron chi connectivity index (χ4n) is 1.08. The lowest BCUT2D eigenvalue weighted by Gasteiger charge is -1.98. The second-order valence-electron chi connectivity index (χ2n) is 2.63. The zero-order valence-electron chi connectivity index (χ0n) is 6.96. The first-order valence-electron chi connectivity index (χ1n) is 4.09. The van der Waals surface area contributed by atoms with Gasteiger partial charge in [-0.15, -0.1) is 0 Å². The van der Waals surface area contributed by atoms with Gasteiger partial charge in [0.25, 0.3) is 0 Å². The maximum absolute atomic E-state index is 8.20. The van der Waals surface area contributed by atoms with E-state index in [0.717, 1.165) is 19.4 Å². The lowest BCUT2D eigenvalue weighted by Crippen LogP contribution is -2.07. The standard InChI is InChI=1S/C10H12N2/c11-9-12-8-4-7-10-5-2-1-3-6-10/h1-3,5-6,12H,4,7-8H2. The van der Waals surface area contributed by atoms with Crippen LogP contribution in [0.1, 0.15) is 12.0 Å². The molecule has 0 aliphatic heterocycles. The molecule has 0 saturated heterocycles. The van der Waals surface area contributed by atoms with Crippen molar-refractivity contribution in [2.75, 3.05) is 6.54 Å². The molecule has 0 unspecified atom stereocenters. The third-order valence-electron chi connectivity index (χ3n) is 1.69. The number of nitriles is 1. The highest BCUT2D eigenvalue weighted by Gasteiger charge is 1.89. The van der Waals surface area contributed by atoms with Gasteiger partial charge in [-0.3, -0.25) is 0 Å². The van der Waals surface area contributed by atoms with Crippen molar-refractivity contribution in [1.29, 1.82) is 5.26 Å². The average molecular weight is 160 g/mol. The van der Waals surface area contributed by atoms with Crippen molar-refractivity contribution in [2.24, 2.45) is 0 Å². The summed E-state index contributed by atoms with van der Waals surface area (Å²) in [4.78, 5) is 0. The largest absolute Gasteiger partial charge is 0.324 e. The predicted molar refractivity (Wildman–Crippen MR) is 48.4 cm³/mol. The van der Waals surface area contributed by atoms with Crippen molar-refractivity contribution in [1.82, 2.24) is 5.32 Å². The molecule has 1 N–H and O–H groups in total. The molecule has 0 aliphatic rings. The average Bonchev–Trinajstić information content (AvgIpc) is 2.14. The molecule has 2 nitrogen and oxygen atoms in total. The Kier molecular flexibility index (Phi) is 3.73. The molecule has 0 aromatic heterocycles. The number of aryl methyl sites for hydroxylation is 1. The molecule has 0 heterocycles. The van der Waals surface area contributed by atoms with Gasteiger partial charge < -0.3 is 5.32 Å². The fraction of sp³-hybridized carbons (Fsp3) is 0.300. The maximum Gasteiger partial charge on any atom is 0.176 e. The minimum absolute atomic E-state index is 0.769. The number of rotatable bonds is 4. The SMILES string of the molecule is N#CNCCCc1ccccc1. The molecule has 0 saturated carbocycles. The predicted octanol–water partition coefficient (Wildman–Crippen LogP) is 1.69.